The third-order valence-electron chi connectivity index (χ3n) is 5.28. The van der Waals surface area contributed by atoms with Gasteiger partial charge in [-0.05, 0) is 30.2 Å². The van der Waals surface area contributed by atoms with Gasteiger partial charge in [-0.2, -0.15) is 0 Å². The van der Waals surface area contributed by atoms with E-state index in [1.807, 2.05) is 85.8 Å². The second kappa shape index (κ2) is 12.1. The summed E-state index contributed by atoms with van der Waals surface area (Å²) in [5.41, 5.74) is 3.19. The number of carbonyl (C=O) groups excluding carboxylic acids is 2. The molecule has 0 aliphatic rings. The van der Waals surface area contributed by atoms with Crippen LogP contribution in [0.25, 0.3) is 0 Å². The van der Waals surface area contributed by atoms with Gasteiger partial charge in [-0.25, -0.2) is 0 Å². The lowest BCUT2D eigenvalue weighted by atomic mass is 10.0. The molecule has 0 saturated carbocycles. The average molecular weight is 447 g/mol. The van der Waals surface area contributed by atoms with Gasteiger partial charge in [0.15, 0.2) is 0 Å². The highest BCUT2D eigenvalue weighted by Gasteiger charge is 2.29. The van der Waals surface area contributed by atoms with E-state index in [0.717, 1.165) is 21.6 Å². The Morgan fingerprint density at radius 3 is 2.22 bits per heavy atom. The zero-order valence-electron chi connectivity index (χ0n) is 18.7. The van der Waals surface area contributed by atoms with Crippen LogP contribution in [0.5, 0.6) is 0 Å². The summed E-state index contributed by atoms with van der Waals surface area (Å²) >= 11 is 1.66. The lowest BCUT2D eigenvalue weighted by molar-refractivity contribution is -0.140. The summed E-state index contributed by atoms with van der Waals surface area (Å²) in [7, 11) is 1.63. The maximum atomic E-state index is 13.4. The van der Waals surface area contributed by atoms with Crippen molar-refractivity contribution in [3.8, 4) is 0 Å². The largest absolute Gasteiger partial charge is 0.357 e. The number of likely N-dealkylation sites (N-methyl/N-ethyl adjacent to an activating group) is 1. The van der Waals surface area contributed by atoms with Crippen molar-refractivity contribution in [1.82, 2.24) is 10.2 Å². The minimum atomic E-state index is -0.572. The van der Waals surface area contributed by atoms with Gasteiger partial charge in [0.05, 0.1) is 0 Å². The summed E-state index contributed by atoms with van der Waals surface area (Å²) in [5.74, 6) is 0.504. The molecule has 0 saturated heterocycles. The first-order chi connectivity index (χ1) is 15.6. The molecule has 0 aromatic heterocycles. The fourth-order valence-corrected chi connectivity index (χ4v) is 4.51. The lowest BCUT2D eigenvalue weighted by Gasteiger charge is -2.31. The van der Waals surface area contributed by atoms with Crippen molar-refractivity contribution in [2.45, 2.75) is 37.2 Å². The van der Waals surface area contributed by atoms with Gasteiger partial charge < -0.3 is 10.2 Å². The van der Waals surface area contributed by atoms with Crippen LogP contribution < -0.4 is 5.32 Å². The smallest absolute Gasteiger partial charge is 0.242 e. The molecular formula is C27H30N2O2S. The Kier molecular flexibility index (Phi) is 8.93. The zero-order chi connectivity index (χ0) is 22.8. The van der Waals surface area contributed by atoms with Gasteiger partial charge in [-0.3, -0.25) is 9.59 Å². The highest BCUT2D eigenvalue weighted by molar-refractivity contribution is 7.99. The van der Waals surface area contributed by atoms with E-state index in [2.05, 4.69) is 11.4 Å². The van der Waals surface area contributed by atoms with Gasteiger partial charge in [0, 0.05) is 37.1 Å². The Morgan fingerprint density at radius 2 is 1.56 bits per heavy atom. The summed E-state index contributed by atoms with van der Waals surface area (Å²) in [5, 5.41) is 2.76. The SMILES string of the molecule is CNC(=O)C(Cc1ccccc1)N(Cc1cccc(C)c1)C(=O)CCSc1ccccc1. The van der Waals surface area contributed by atoms with Crippen molar-refractivity contribution < 1.29 is 9.59 Å². The van der Waals surface area contributed by atoms with E-state index in [-0.39, 0.29) is 11.8 Å². The fourth-order valence-electron chi connectivity index (χ4n) is 3.64. The van der Waals surface area contributed by atoms with E-state index in [1.54, 1.807) is 23.7 Å². The molecule has 4 nitrogen and oxygen atoms in total. The second-order valence-corrected chi connectivity index (χ2v) is 8.91. The van der Waals surface area contributed by atoms with E-state index >= 15 is 0 Å². The number of nitrogens with zero attached hydrogens (tertiary/aromatic N) is 1. The van der Waals surface area contributed by atoms with Crippen molar-refractivity contribution >= 4 is 23.6 Å². The standard InChI is InChI=1S/C27H30N2O2S/c1-21-10-9-13-23(18-21)20-29(26(30)16-17-32-24-14-7-4-8-15-24)25(27(31)28-2)19-22-11-5-3-6-12-22/h3-15,18,25H,16-17,19-20H2,1-2H3,(H,28,31). The number of amides is 2. The first kappa shape index (κ1) is 23.6. The average Bonchev–Trinajstić information content (AvgIpc) is 2.82. The number of hydrogen-bond donors (Lipinski definition) is 1. The number of carbonyl (C=O) groups is 2. The molecule has 3 rings (SSSR count). The number of hydrogen-bond acceptors (Lipinski definition) is 3. The first-order valence-electron chi connectivity index (χ1n) is 10.8. The molecule has 0 fully saturated rings. The van der Waals surface area contributed by atoms with Crippen LogP contribution in [0.3, 0.4) is 0 Å². The van der Waals surface area contributed by atoms with Crippen molar-refractivity contribution in [2.24, 2.45) is 0 Å². The molecule has 32 heavy (non-hydrogen) atoms. The predicted molar refractivity (Wildman–Crippen MR) is 132 cm³/mol. The molecule has 0 spiro atoms. The van der Waals surface area contributed by atoms with Gasteiger partial charge in [-0.15, -0.1) is 11.8 Å². The third-order valence-corrected chi connectivity index (χ3v) is 6.29. The quantitative estimate of drug-likeness (QED) is 0.452. The molecule has 0 aliphatic heterocycles. The molecular weight excluding hydrogens is 416 g/mol. The van der Waals surface area contributed by atoms with E-state index in [0.29, 0.717) is 25.1 Å². The molecule has 0 heterocycles. The Morgan fingerprint density at radius 1 is 0.906 bits per heavy atom. The number of aryl methyl sites for hydroxylation is 1. The third kappa shape index (κ3) is 6.99. The van der Waals surface area contributed by atoms with Crippen molar-refractivity contribution in [2.75, 3.05) is 12.8 Å². The zero-order valence-corrected chi connectivity index (χ0v) is 19.5. The van der Waals surface area contributed by atoms with Gasteiger partial charge >= 0.3 is 0 Å². The summed E-state index contributed by atoms with van der Waals surface area (Å²) < 4.78 is 0. The molecule has 1 N–H and O–H groups in total. The summed E-state index contributed by atoms with van der Waals surface area (Å²) in [4.78, 5) is 29.2. The normalized spacial score (nSPS) is 11.6. The number of benzene rings is 3. The molecule has 5 heteroatoms. The summed E-state index contributed by atoms with van der Waals surface area (Å²) in [6.07, 6.45) is 0.845. The minimum Gasteiger partial charge on any atom is -0.357 e. The summed E-state index contributed by atoms with van der Waals surface area (Å²) in [6, 6.07) is 27.5. The van der Waals surface area contributed by atoms with Gasteiger partial charge in [0.25, 0.3) is 0 Å². The van der Waals surface area contributed by atoms with Crippen molar-refractivity contribution in [1.29, 1.82) is 0 Å². The molecule has 3 aromatic rings. The van der Waals surface area contributed by atoms with Crippen LogP contribution in [0.1, 0.15) is 23.1 Å². The van der Waals surface area contributed by atoms with E-state index in [1.165, 1.54) is 0 Å². The van der Waals surface area contributed by atoms with E-state index in [9.17, 15) is 9.59 Å². The van der Waals surface area contributed by atoms with Gasteiger partial charge in [-0.1, -0.05) is 78.4 Å². The Balaban J connectivity index is 1.81. The molecule has 0 radical (unpaired) electrons. The van der Waals surface area contributed by atoms with Crippen LogP contribution in [0.15, 0.2) is 89.8 Å². The van der Waals surface area contributed by atoms with Gasteiger partial charge in [0.1, 0.15) is 6.04 Å². The van der Waals surface area contributed by atoms with Crippen molar-refractivity contribution in [3.63, 3.8) is 0 Å². The van der Waals surface area contributed by atoms with Crippen LogP contribution in [0.2, 0.25) is 0 Å². The van der Waals surface area contributed by atoms with Crippen molar-refractivity contribution in [3.05, 3.63) is 102 Å². The predicted octanol–water partition coefficient (Wildman–Crippen LogP) is 4.86. The van der Waals surface area contributed by atoms with Crippen LogP contribution in [-0.2, 0) is 22.6 Å². The highest BCUT2D eigenvalue weighted by Crippen LogP contribution is 2.21. The van der Waals surface area contributed by atoms with Crippen LogP contribution in [-0.4, -0.2) is 35.6 Å². The fraction of sp³-hybridized carbons (Fsp3) is 0.259. The topological polar surface area (TPSA) is 49.4 Å². The molecule has 2 amide bonds. The Labute approximate surface area is 195 Å². The number of rotatable bonds is 10. The number of thioether (sulfide) groups is 1. The molecule has 1 unspecified atom stereocenters. The van der Waals surface area contributed by atoms with E-state index in [4.69, 9.17) is 0 Å². The highest BCUT2D eigenvalue weighted by atomic mass is 32.2. The number of nitrogens with one attached hydrogen (secondary N) is 1. The monoisotopic (exact) mass is 446 g/mol. The van der Waals surface area contributed by atoms with Crippen LogP contribution >= 0.6 is 11.8 Å². The second-order valence-electron chi connectivity index (χ2n) is 7.74. The maximum absolute atomic E-state index is 13.4. The molecule has 0 bridgehead atoms. The van der Waals surface area contributed by atoms with Gasteiger partial charge in [0.2, 0.25) is 11.8 Å². The van der Waals surface area contributed by atoms with Crippen LogP contribution in [0, 0.1) is 6.92 Å². The molecule has 3 aromatic carbocycles. The molecule has 166 valence electrons. The van der Waals surface area contributed by atoms with Crippen LogP contribution in [0.4, 0.5) is 0 Å². The maximum Gasteiger partial charge on any atom is 0.242 e. The lowest BCUT2D eigenvalue weighted by Crippen LogP contribution is -2.49. The first-order valence-corrected chi connectivity index (χ1v) is 11.8. The molecule has 0 aliphatic carbocycles. The Bertz CT molecular complexity index is 1010. The Hall–Kier alpha value is -3.05. The molecule has 1 atom stereocenters. The minimum absolute atomic E-state index is 0.0144. The summed E-state index contributed by atoms with van der Waals surface area (Å²) in [6.45, 7) is 2.44. The van der Waals surface area contributed by atoms with E-state index < -0.39 is 6.04 Å².